The number of rotatable bonds is 4. The van der Waals surface area contributed by atoms with E-state index >= 15 is 0 Å². The summed E-state index contributed by atoms with van der Waals surface area (Å²) >= 11 is 8.15. The number of hydrogen-bond donors (Lipinski definition) is 0. The first-order valence-electron chi connectivity index (χ1n) is 5.55. The maximum absolute atomic E-state index is 6.39. The van der Waals surface area contributed by atoms with Crippen LogP contribution in [0.4, 0.5) is 0 Å². The largest absolute Gasteiger partial charge is 0.464 e. The monoisotopic (exact) mass is 254 g/mol. The predicted octanol–water partition coefficient (Wildman–Crippen LogP) is 4.79. The number of halogens is 1. The first-order valence-corrected chi connectivity index (χ1v) is 6.81. The molecule has 1 unspecified atom stereocenters. The van der Waals surface area contributed by atoms with E-state index in [2.05, 4.69) is 26.0 Å². The van der Waals surface area contributed by atoms with Gasteiger partial charge in [0.1, 0.15) is 16.9 Å². The van der Waals surface area contributed by atoms with Crippen molar-refractivity contribution < 1.29 is 4.42 Å². The van der Waals surface area contributed by atoms with E-state index in [1.807, 2.05) is 12.1 Å². The van der Waals surface area contributed by atoms with Gasteiger partial charge in [0.05, 0.1) is 0 Å². The smallest absolute Gasteiger partial charge is 0.127 e. The van der Waals surface area contributed by atoms with Crippen molar-refractivity contribution in [2.45, 2.75) is 32.1 Å². The van der Waals surface area contributed by atoms with Crippen molar-refractivity contribution in [2.75, 3.05) is 0 Å². The molecular weight excluding hydrogens is 240 g/mol. The average molecular weight is 255 g/mol. The lowest BCUT2D eigenvalue weighted by Crippen LogP contribution is -1.86. The molecule has 1 atom stereocenters. The lowest BCUT2D eigenvalue weighted by Gasteiger charge is -2.02. The summed E-state index contributed by atoms with van der Waals surface area (Å²) in [7, 11) is 0. The summed E-state index contributed by atoms with van der Waals surface area (Å²) in [5.41, 5.74) is 0. The third-order valence-corrected chi connectivity index (χ3v) is 4.44. The summed E-state index contributed by atoms with van der Waals surface area (Å²) in [6.07, 6.45) is 1.97. The SMILES string of the molecule is CCc1ccc(C(Cl)c2ccc(CC)s2)o1. The highest BCUT2D eigenvalue weighted by Crippen LogP contribution is 2.34. The molecular formula is C13H15ClOS. The van der Waals surface area contributed by atoms with Gasteiger partial charge in [-0.2, -0.15) is 0 Å². The third-order valence-electron chi connectivity index (χ3n) is 2.56. The predicted molar refractivity (Wildman–Crippen MR) is 69.5 cm³/mol. The minimum absolute atomic E-state index is 0.148. The zero-order valence-corrected chi connectivity index (χ0v) is 11.1. The van der Waals surface area contributed by atoms with E-state index in [1.165, 1.54) is 4.88 Å². The van der Waals surface area contributed by atoms with Crippen LogP contribution >= 0.6 is 22.9 Å². The Kier molecular flexibility index (Phi) is 3.72. The van der Waals surface area contributed by atoms with Crippen molar-refractivity contribution in [1.29, 1.82) is 0 Å². The van der Waals surface area contributed by atoms with Crippen LogP contribution in [0.15, 0.2) is 28.7 Å². The van der Waals surface area contributed by atoms with Gasteiger partial charge in [-0.1, -0.05) is 13.8 Å². The van der Waals surface area contributed by atoms with Gasteiger partial charge < -0.3 is 4.42 Å². The molecule has 0 radical (unpaired) electrons. The minimum Gasteiger partial charge on any atom is -0.464 e. The second-order valence-corrected chi connectivity index (χ2v) is 5.31. The van der Waals surface area contributed by atoms with Crippen LogP contribution in [0.25, 0.3) is 0 Å². The van der Waals surface area contributed by atoms with Crippen LogP contribution in [0.5, 0.6) is 0 Å². The molecule has 2 heterocycles. The highest BCUT2D eigenvalue weighted by Gasteiger charge is 2.16. The Balaban J connectivity index is 2.20. The molecule has 16 heavy (non-hydrogen) atoms. The van der Waals surface area contributed by atoms with Crippen LogP contribution in [0.2, 0.25) is 0 Å². The molecule has 0 amide bonds. The fourth-order valence-corrected chi connectivity index (χ4v) is 2.84. The van der Waals surface area contributed by atoms with E-state index in [0.29, 0.717) is 0 Å². The van der Waals surface area contributed by atoms with Gasteiger partial charge in [-0.15, -0.1) is 22.9 Å². The second kappa shape index (κ2) is 5.07. The van der Waals surface area contributed by atoms with Crippen LogP contribution in [-0.4, -0.2) is 0 Å². The van der Waals surface area contributed by atoms with Crippen LogP contribution < -0.4 is 0 Å². The average Bonchev–Trinajstić information content (AvgIpc) is 2.97. The van der Waals surface area contributed by atoms with Gasteiger partial charge in [-0.05, 0) is 30.7 Å². The van der Waals surface area contributed by atoms with Crippen LogP contribution in [0.3, 0.4) is 0 Å². The summed E-state index contributed by atoms with van der Waals surface area (Å²) in [5, 5.41) is -0.148. The van der Waals surface area contributed by atoms with E-state index in [1.54, 1.807) is 11.3 Å². The Bertz CT molecular complexity index is 416. The molecule has 0 aromatic carbocycles. The molecule has 2 rings (SSSR count). The van der Waals surface area contributed by atoms with Crippen LogP contribution in [-0.2, 0) is 12.8 Å². The molecule has 0 fully saturated rings. The molecule has 0 bridgehead atoms. The number of furan rings is 1. The Morgan fingerprint density at radius 3 is 2.56 bits per heavy atom. The number of alkyl halides is 1. The maximum Gasteiger partial charge on any atom is 0.127 e. The Morgan fingerprint density at radius 2 is 2.00 bits per heavy atom. The lowest BCUT2D eigenvalue weighted by molar-refractivity contribution is 0.475. The van der Waals surface area contributed by atoms with E-state index in [-0.39, 0.29) is 5.38 Å². The zero-order valence-electron chi connectivity index (χ0n) is 9.50. The van der Waals surface area contributed by atoms with Crippen molar-refractivity contribution in [3.63, 3.8) is 0 Å². The van der Waals surface area contributed by atoms with E-state index in [4.69, 9.17) is 16.0 Å². The van der Waals surface area contributed by atoms with E-state index in [9.17, 15) is 0 Å². The van der Waals surface area contributed by atoms with Crippen LogP contribution in [0.1, 0.15) is 40.5 Å². The molecule has 0 saturated carbocycles. The highest BCUT2D eigenvalue weighted by molar-refractivity contribution is 7.12. The highest BCUT2D eigenvalue weighted by atomic mass is 35.5. The van der Waals surface area contributed by atoms with E-state index < -0.39 is 0 Å². The molecule has 3 heteroatoms. The topological polar surface area (TPSA) is 13.1 Å². The van der Waals surface area contributed by atoms with Gasteiger partial charge in [0.15, 0.2) is 0 Å². The van der Waals surface area contributed by atoms with Gasteiger partial charge >= 0.3 is 0 Å². The third kappa shape index (κ3) is 2.33. The van der Waals surface area contributed by atoms with Gasteiger partial charge in [-0.3, -0.25) is 0 Å². The first kappa shape index (κ1) is 11.7. The fourth-order valence-electron chi connectivity index (χ4n) is 1.58. The molecule has 2 aromatic heterocycles. The summed E-state index contributed by atoms with van der Waals surface area (Å²) in [6, 6.07) is 8.20. The van der Waals surface area contributed by atoms with Crippen molar-refractivity contribution in [3.8, 4) is 0 Å². The molecule has 86 valence electrons. The standard InChI is InChI=1S/C13H15ClOS/c1-3-9-5-7-11(15-9)13(14)12-8-6-10(4-2)16-12/h5-8,13H,3-4H2,1-2H3. The molecule has 0 saturated heterocycles. The van der Waals surface area contributed by atoms with Gasteiger partial charge in [0.2, 0.25) is 0 Å². The summed E-state index contributed by atoms with van der Waals surface area (Å²) in [6.45, 7) is 4.23. The molecule has 1 nitrogen and oxygen atoms in total. The Morgan fingerprint density at radius 1 is 1.19 bits per heavy atom. The minimum atomic E-state index is -0.148. The number of thiophene rings is 1. The van der Waals surface area contributed by atoms with E-state index in [0.717, 1.165) is 29.2 Å². The van der Waals surface area contributed by atoms with Gasteiger partial charge in [-0.25, -0.2) is 0 Å². The maximum atomic E-state index is 6.39. The summed E-state index contributed by atoms with van der Waals surface area (Å²) < 4.78 is 5.67. The quantitative estimate of drug-likeness (QED) is 0.715. The van der Waals surface area contributed by atoms with Crippen molar-refractivity contribution in [2.24, 2.45) is 0 Å². The molecule has 0 spiro atoms. The summed E-state index contributed by atoms with van der Waals surface area (Å²) in [5.74, 6) is 1.84. The molecule has 0 N–H and O–H groups in total. The summed E-state index contributed by atoms with van der Waals surface area (Å²) in [4.78, 5) is 2.53. The molecule has 2 aromatic rings. The fraction of sp³-hybridized carbons (Fsp3) is 0.385. The zero-order chi connectivity index (χ0) is 11.5. The van der Waals surface area contributed by atoms with Crippen molar-refractivity contribution in [3.05, 3.63) is 45.5 Å². The molecule has 0 aliphatic carbocycles. The number of aryl methyl sites for hydroxylation is 2. The van der Waals surface area contributed by atoms with Crippen LogP contribution in [0, 0.1) is 0 Å². The second-order valence-electron chi connectivity index (χ2n) is 3.68. The van der Waals surface area contributed by atoms with Gasteiger partial charge in [0.25, 0.3) is 0 Å². The normalized spacial score (nSPS) is 12.9. The van der Waals surface area contributed by atoms with Gasteiger partial charge in [0, 0.05) is 16.2 Å². The molecule has 0 aliphatic rings. The van der Waals surface area contributed by atoms with Crippen molar-refractivity contribution in [1.82, 2.24) is 0 Å². The number of hydrogen-bond acceptors (Lipinski definition) is 2. The molecule has 0 aliphatic heterocycles. The lowest BCUT2D eigenvalue weighted by atomic mass is 10.2. The first-order chi connectivity index (χ1) is 7.74. The Labute approximate surface area is 105 Å². The Hall–Kier alpha value is -0.730. The van der Waals surface area contributed by atoms with Crippen molar-refractivity contribution >= 4 is 22.9 Å².